The van der Waals surface area contributed by atoms with Gasteiger partial charge >= 0.3 is 5.97 Å². The Bertz CT molecular complexity index is 251. The lowest BCUT2D eigenvalue weighted by Crippen LogP contribution is -2.65. The number of methoxy groups -OCH3 is 1. The van der Waals surface area contributed by atoms with Crippen molar-refractivity contribution in [3.05, 3.63) is 0 Å². The summed E-state index contributed by atoms with van der Waals surface area (Å²) in [5.41, 5.74) is 0. The van der Waals surface area contributed by atoms with E-state index in [1.165, 1.54) is 7.11 Å². The van der Waals surface area contributed by atoms with E-state index in [0.29, 0.717) is 0 Å². The summed E-state index contributed by atoms with van der Waals surface area (Å²) >= 11 is 0. The number of β-lactam (4-membered cyclic amide) rings is 1. The topological polar surface area (TPSA) is 75.6 Å². The minimum absolute atomic E-state index is 0.208. The van der Waals surface area contributed by atoms with Gasteiger partial charge in [-0.3, -0.25) is 9.59 Å². The zero-order chi connectivity index (χ0) is 10.9. The summed E-state index contributed by atoms with van der Waals surface area (Å²) in [6.07, 6.45) is -0.735. The highest BCUT2D eigenvalue weighted by atomic mass is 16.5. The molecule has 14 heavy (non-hydrogen) atoms. The molecule has 0 aromatic rings. The van der Waals surface area contributed by atoms with Gasteiger partial charge in [-0.2, -0.15) is 0 Å². The second-order valence-electron chi connectivity index (χ2n) is 3.61. The Morgan fingerprint density at radius 3 is 2.50 bits per heavy atom. The molecule has 0 unspecified atom stereocenters. The Morgan fingerprint density at radius 1 is 1.57 bits per heavy atom. The molecule has 80 valence electrons. The van der Waals surface area contributed by atoms with Crippen molar-refractivity contribution in [2.45, 2.75) is 26.0 Å². The molecule has 1 fully saturated rings. The Hall–Kier alpha value is -1.10. The average Bonchev–Trinajstić information content (AvgIpc) is 2.10. The van der Waals surface area contributed by atoms with E-state index >= 15 is 0 Å². The van der Waals surface area contributed by atoms with E-state index in [1.54, 1.807) is 13.8 Å². The summed E-state index contributed by atoms with van der Waals surface area (Å²) in [6, 6.07) is -0.310. The van der Waals surface area contributed by atoms with Gasteiger partial charge in [-0.25, -0.2) is 0 Å². The van der Waals surface area contributed by atoms with Crippen LogP contribution in [0.25, 0.3) is 0 Å². The van der Waals surface area contributed by atoms with E-state index < -0.39 is 17.9 Å². The number of hydrogen-bond acceptors (Lipinski definition) is 4. The van der Waals surface area contributed by atoms with Gasteiger partial charge in [0.15, 0.2) is 0 Å². The molecule has 1 saturated heterocycles. The first-order valence-electron chi connectivity index (χ1n) is 4.55. The Morgan fingerprint density at radius 2 is 2.14 bits per heavy atom. The SMILES string of the molecule is COC(=O)[C@H](C)[C@H]1NC(=O)[C@@H]1[C@@H](C)O. The molecule has 4 atom stereocenters. The van der Waals surface area contributed by atoms with E-state index in [-0.39, 0.29) is 17.9 Å². The quantitative estimate of drug-likeness (QED) is 0.467. The van der Waals surface area contributed by atoms with Crippen LogP contribution in [-0.2, 0) is 14.3 Å². The van der Waals surface area contributed by atoms with Crippen molar-refractivity contribution in [3.8, 4) is 0 Å². The third kappa shape index (κ3) is 1.72. The van der Waals surface area contributed by atoms with E-state index in [9.17, 15) is 14.7 Å². The van der Waals surface area contributed by atoms with Gasteiger partial charge in [-0.05, 0) is 13.8 Å². The van der Waals surface area contributed by atoms with Gasteiger partial charge in [-0.1, -0.05) is 0 Å². The van der Waals surface area contributed by atoms with Crippen LogP contribution in [0.5, 0.6) is 0 Å². The van der Waals surface area contributed by atoms with Gasteiger partial charge in [0, 0.05) is 0 Å². The number of aliphatic hydroxyl groups excluding tert-OH is 1. The molecule has 2 N–H and O–H groups in total. The third-order valence-corrected chi connectivity index (χ3v) is 2.63. The number of hydrogen-bond donors (Lipinski definition) is 2. The number of carbonyl (C=O) groups is 2. The molecule has 0 saturated carbocycles. The molecule has 0 aliphatic carbocycles. The van der Waals surface area contributed by atoms with Crippen LogP contribution in [0.2, 0.25) is 0 Å². The molecule has 1 amide bonds. The van der Waals surface area contributed by atoms with Crippen LogP contribution in [-0.4, -0.2) is 36.2 Å². The molecular weight excluding hydrogens is 186 g/mol. The molecule has 1 rings (SSSR count). The van der Waals surface area contributed by atoms with Gasteiger partial charge < -0.3 is 15.2 Å². The standard InChI is InChI=1S/C9H15NO4/c1-4(9(13)14-3)7-6(5(2)11)8(12)10-7/h4-7,11H,1-3H3,(H,10,12)/t4-,5-,6-,7-/m1/s1. The average molecular weight is 201 g/mol. The van der Waals surface area contributed by atoms with Gasteiger partial charge in [0.2, 0.25) is 5.91 Å². The number of esters is 1. The summed E-state index contributed by atoms with van der Waals surface area (Å²) in [5.74, 6) is -1.50. The van der Waals surface area contributed by atoms with Gasteiger partial charge in [-0.15, -0.1) is 0 Å². The maximum Gasteiger partial charge on any atom is 0.310 e. The predicted octanol–water partition coefficient (Wildman–Crippen LogP) is -0.709. The van der Waals surface area contributed by atoms with E-state index in [1.807, 2.05) is 0 Å². The number of carbonyl (C=O) groups excluding carboxylic acids is 2. The van der Waals surface area contributed by atoms with Crippen molar-refractivity contribution in [3.63, 3.8) is 0 Å². The molecule has 0 aromatic heterocycles. The van der Waals surface area contributed by atoms with Crippen LogP contribution in [0, 0.1) is 11.8 Å². The number of rotatable bonds is 3. The summed E-state index contributed by atoms with van der Waals surface area (Å²) in [4.78, 5) is 22.2. The normalized spacial score (nSPS) is 29.9. The highest BCUT2D eigenvalue weighted by molar-refractivity contribution is 5.88. The predicted molar refractivity (Wildman–Crippen MR) is 48.3 cm³/mol. The van der Waals surface area contributed by atoms with Crippen LogP contribution in [0.15, 0.2) is 0 Å². The summed E-state index contributed by atoms with van der Waals surface area (Å²) in [7, 11) is 1.30. The minimum atomic E-state index is -0.735. The molecule has 0 bridgehead atoms. The Labute approximate surface area is 82.4 Å². The first kappa shape index (κ1) is 11.0. The van der Waals surface area contributed by atoms with Gasteiger partial charge in [0.25, 0.3) is 0 Å². The van der Waals surface area contributed by atoms with Crippen LogP contribution >= 0.6 is 0 Å². The number of ether oxygens (including phenoxy) is 1. The van der Waals surface area contributed by atoms with Crippen molar-refractivity contribution in [2.75, 3.05) is 7.11 Å². The van der Waals surface area contributed by atoms with Gasteiger partial charge in [0.05, 0.1) is 31.1 Å². The van der Waals surface area contributed by atoms with Crippen molar-refractivity contribution in [1.29, 1.82) is 0 Å². The molecule has 0 aromatic carbocycles. The molecular formula is C9H15NO4. The summed E-state index contributed by atoms with van der Waals surface area (Å²) in [5, 5.41) is 11.9. The number of aliphatic hydroxyl groups is 1. The molecule has 1 heterocycles. The highest BCUT2D eigenvalue weighted by Gasteiger charge is 2.47. The fourth-order valence-electron chi connectivity index (χ4n) is 1.70. The first-order valence-corrected chi connectivity index (χ1v) is 4.55. The molecule has 0 spiro atoms. The summed E-state index contributed by atoms with van der Waals surface area (Å²) < 4.78 is 4.56. The Balaban J connectivity index is 2.62. The minimum Gasteiger partial charge on any atom is -0.469 e. The lowest BCUT2D eigenvalue weighted by atomic mass is 9.79. The largest absolute Gasteiger partial charge is 0.469 e. The molecule has 1 aliphatic heterocycles. The molecule has 5 nitrogen and oxygen atoms in total. The van der Waals surface area contributed by atoms with Crippen molar-refractivity contribution >= 4 is 11.9 Å². The van der Waals surface area contributed by atoms with Crippen LogP contribution in [0.3, 0.4) is 0 Å². The number of amides is 1. The smallest absolute Gasteiger partial charge is 0.310 e. The second-order valence-corrected chi connectivity index (χ2v) is 3.61. The highest BCUT2D eigenvalue weighted by Crippen LogP contribution is 2.25. The Kier molecular flexibility index (Phi) is 3.10. The van der Waals surface area contributed by atoms with E-state index in [0.717, 1.165) is 0 Å². The van der Waals surface area contributed by atoms with Crippen LogP contribution in [0.1, 0.15) is 13.8 Å². The molecule has 1 aliphatic rings. The third-order valence-electron chi connectivity index (χ3n) is 2.63. The van der Waals surface area contributed by atoms with Crippen molar-refractivity contribution in [1.82, 2.24) is 5.32 Å². The lowest BCUT2D eigenvalue weighted by molar-refractivity contribution is -0.153. The number of nitrogens with one attached hydrogen (secondary N) is 1. The maximum atomic E-state index is 11.2. The monoisotopic (exact) mass is 201 g/mol. The molecule has 0 radical (unpaired) electrons. The molecule has 5 heteroatoms. The maximum absolute atomic E-state index is 11.2. The van der Waals surface area contributed by atoms with Crippen molar-refractivity contribution in [2.24, 2.45) is 11.8 Å². The van der Waals surface area contributed by atoms with Crippen LogP contribution < -0.4 is 5.32 Å². The second kappa shape index (κ2) is 3.96. The summed E-state index contributed by atoms with van der Waals surface area (Å²) in [6.45, 7) is 3.21. The zero-order valence-corrected chi connectivity index (χ0v) is 8.48. The van der Waals surface area contributed by atoms with E-state index in [2.05, 4.69) is 10.1 Å². The van der Waals surface area contributed by atoms with Gasteiger partial charge in [0.1, 0.15) is 0 Å². The fraction of sp³-hybridized carbons (Fsp3) is 0.778. The van der Waals surface area contributed by atoms with E-state index in [4.69, 9.17) is 0 Å². The zero-order valence-electron chi connectivity index (χ0n) is 8.48. The first-order chi connectivity index (χ1) is 6.49. The van der Waals surface area contributed by atoms with Crippen LogP contribution in [0.4, 0.5) is 0 Å². The fourth-order valence-corrected chi connectivity index (χ4v) is 1.70. The lowest BCUT2D eigenvalue weighted by Gasteiger charge is -2.40. The van der Waals surface area contributed by atoms with Crippen molar-refractivity contribution < 1.29 is 19.4 Å².